The van der Waals surface area contributed by atoms with Crippen LogP contribution in [0.1, 0.15) is 51.0 Å². The summed E-state index contributed by atoms with van der Waals surface area (Å²) in [5, 5.41) is 7.13. The molecule has 0 aliphatic carbocycles. The first-order valence-electron chi connectivity index (χ1n) is 8.71. The van der Waals surface area contributed by atoms with Gasteiger partial charge in [0.25, 0.3) is 0 Å². The number of piperidine rings is 1. The zero-order valence-corrected chi connectivity index (χ0v) is 15.4. The number of hydrogen-bond donors (Lipinski definition) is 1. The van der Waals surface area contributed by atoms with Crippen LogP contribution in [0, 0.1) is 0 Å². The summed E-state index contributed by atoms with van der Waals surface area (Å²) in [4.78, 5) is 23.0. The maximum absolute atomic E-state index is 12.5. The average Bonchev–Trinajstić information content (AvgIpc) is 3.01. The summed E-state index contributed by atoms with van der Waals surface area (Å²) in [6.45, 7) is 7.66. The molecule has 7 heteroatoms. The van der Waals surface area contributed by atoms with Gasteiger partial charge in [-0.15, -0.1) is 0 Å². The van der Waals surface area contributed by atoms with E-state index >= 15 is 0 Å². The number of carbonyl (C=O) groups is 1. The molecule has 2 aromatic rings. The van der Waals surface area contributed by atoms with Gasteiger partial charge in [0.05, 0.1) is 18.1 Å². The van der Waals surface area contributed by atoms with Gasteiger partial charge in [-0.25, -0.2) is 14.8 Å². The molecule has 3 rings (SSSR count). The molecule has 1 N–H and O–H groups in total. The third-order valence-corrected chi connectivity index (χ3v) is 4.63. The summed E-state index contributed by atoms with van der Waals surface area (Å²) in [7, 11) is 1.97. The third-order valence-electron chi connectivity index (χ3n) is 4.63. The lowest BCUT2D eigenvalue weighted by molar-refractivity contribution is 0.193. The van der Waals surface area contributed by atoms with Gasteiger partial charge in [-0.05, 0) is 18.9 Å². The van der Waals surface area contributed by atoms with E-state index in [1.165, 1.54) is 5.69 Å². The standard InChI is InChI=1S/C18H26N6O/c1-18(2,3)16-19-11-14(12-20-16)22-17(25)24-9-6-13(7-10-24)15-5-8-21-23(15)4/h5,8,11-13H,6-7,9-10H2,1-4H3,(H,22,25). The Kier molecular flexibility index (Phi) is 4.74. The van der Waals surface area contributed by atoms with Crippen LogP contribution in [0.15, 0.2) is 24.7 Å². The van der Waals surface area contributed by atoms with Crippen LogP contribution in [0.4, 0.5) is 10.5 Å². The summed E-state index contributed by atoms with van der Waals surface area (Å²) in [6, 6.07) is 1.98. The highest BCUT2D eigenvalue weighted by molar-refractivity contribution is 5.89. The van der Waals surface area contributed by atoms with E-state index in [0.29, 0.717) is 11.6 Å². The second kappa shape index (κ2) is 6.82. The van der Waals surface area contributed by atoms with E-state index in [2.05, 4.69) is 47.2 Å². The summed E-state index contributed by atoms with van der Waals surface area (Å²) >= 11 is 0. The number of hydrogen-bond acceptors (Lipinski definition) is 4. The van der Waals surface area contributed by atoms with E-state index in [-0.39, 0.29) is 11.4 Å². The van der Waals surface area contributed by atoms with Crippen molar-refractivity contribution in [3.05, 3.63) is 36.2 Å². The molecule has 0 saturated carbocycles. The molecule has 0 bridgehead atoms. The molecule has 2 amide bonds. The number of likely N-dealkylation sites (tertiary alicyclic amines) is 1. The highest BCUT2D eigenvalue weighted by Gasteiger charge is 2.25. The first kappa shape index (κ1) is 17.4. The number of aromatic nitrogens is 4. The molecule has 0 aromatic carbocycles. The topological polar surface area (TPSA) is 75.9 Å². The zero-order chi connectivity index (χ0) is 18.0. The largest absolute Gasteiger partial charge is 0.324 e. The monoisotopic (exact) mass is 342 g/mol. The molecule has 1 aliphatic rings. The number of urea groups is 1. The Morgan fingerprint density at radius 2 is 1.84 bits per heavy atom. The molecule has 3 heterocycles. The van der Waals surface area contributed by atoms with Crippen molar-refractivity contribution in [3.8, 4) is 0 Å². The number of rotatable bonds is 2. The molecule has 1 saturated heterocycles. The van der Waals surface area contributed by atoms with E-state index in [9.17, 15) is 4.79 Å². The second-order valence-electron chi connectivity index (χ2n) is 7.62. The van der Waals surface area contributed by atoms with Gasteiger partial charge in [-0.1, -0.05) is 20.8 Å². The molecular formula is C18H26N6O. The van der Waals surface area contributed by atoms with E-state index in [0.717, 1.165) is 31.8 Å². The van der Waals surface area contributed by atoms with Crippen LogP contribution >= 0.6 is 0 Å². The first-order chi connectivity index (χ1) is 11.8. The quantitative estimate of drug-likeness (QED) is 0.910. The van der Waals surface area contributed by atoms with Crippen molar-refractivity contribution in [1.82, 2.24) is 24.6 Å². The summed E-state index contributed by atoms with van der Waals surface area (Å²) in [5.41, 5.74) is 1.77. The van der Waals surface area contributed by atoms with Crippen molar-refractivity contribution >= 4 is 11.7 Å². The van der Waals surface area contributed by atoms with Gasteiger partial charge in [0.1, 0.15) is 5.82 Å². The van der Waals surface area contributed by atoms with Crippen LogP contribution < -0.4 is 5.32 Å². The van der Waals surface area contributed by atoms with Crippen molar-refractivity contribution in [3.63, 3.8) is 0 Å². The second-order valence-corrected chi connectivity index (χ2v) is 7.62. The summed E-state index contributed by atoms with van der Waals surface area (Å²) in [6.07, 6.45) is 7.08. The number of anilines is 1. The molecule has 7 nitrogen and oxygen atoms in total. The average molecular weight is 342 g/mol. The molecule has 0 atom stereocenters. The molecule has 2 aromatic heterocycles. The van der Waals surface area contributed by atoms with Crippen molar-refractivity contribution in [2.24, 2.45) is 7.05 Å². The molecule has 1 aliphatic heterocycles. The minimum Gasteiger partial charge on any atom is -0.324 e. The van der Waals surface area contributed by atoms with Gasteiger partial charge in [-0.2, -0.15) is 5.10 Å². The Morgan fingerprint density at radius 3 is 2.36 bits per heavy atom. The Labute approximate surface area is 148 Å². The van der Waals surface area contributed by atoms with E-state index in [4.69, 9.17) is 0 Å². The summed E-state index contributed by atoms with van der Waals surface area (Å²) in [5.74, 6) is 1.23. The maximum Gasteiger partial charge on any atom is 0.321 e. The van der Waals surface area contributed by atoms with Gasteiger partial charge < -0.3 is 10.2 Å². The Balaban J connectivity index is 1.55. The molecule has 0 radical (unpaired) electrons. The normalized spacial score (nSPS) is 16.1. The maximum atomic E-state index is 12.5. The van der Waals surface area contributed by atoms with Crippen molar-refractivity contribution in [2.75, 3.05) is 18.4 Å². The fourth-order valence-electron chi connectivity index (χ4n) is 3.15. The number of aryl methyl sites for hydroxylation is 1. The first-order valence-corrected chi connectivity index (χ1v) is 8.71. The lowest BCUT2D eigenvalue weighted by atomic mass is 9.93. The van der Waals surface area contributed by atoms with Gasteiger partial charge in [-0.3, -0.25) is 4.68 Å². The molecule has 0 unspecified atom stereocenters. The van der Waals surface area contributed by atoms with E-state index < -0.39 is 0 Å². The van der Waals surface area contributed by atoms with Crippen molar-refractivity contribution in [2.45, 2.75) is 44.9 Å². The predicted octanol–water partition coefficient (Wildman–Crippen LogP) is 2.92. The van der Waals surface area contributed by atoms with E-state index in [1.54, 1.807) is 12.4 Å². The Morgan fingerprint density at radius 1 is 1.20 bits per heavy atom. The molecule has 25 heavy (non-hydrogen) atoms. The van der Waals surface area contributed by atoms with Crippen LogP contribution in [0.3, 0.4) is 0 Å². The molecular weight excluding hydrogens is 316 g/mol. The van der Waals surface area contributed by atoms with Crippen LogP contribution in [0.2, 0.25) is 0 Å². The van der Waals surface area contributed by atoms with Crippen molar-refractivity contribution in [1.29, 1.82) is 0 Å². The number of nitrogens with one attached hydrogen (secondary N) is 1. The Bertz CT molecular complexity index is 723. The number of carbonyl (C=O) groups excluding carboxylic acids is 1. The smallest absolute Gasteiger partial charge is 0.321 e. The lowest BCUT2D eigenvalue weighted by Crippen LogP contribution is -2.40. The fourth-order valence-corrected chi connectivity index (χ4v) is 3.15. The van der Waals surface area contributed by atoms with Crippen LogP contribution in [-0.2, 0) is 12.5 Å². The van der Waals surface area contributed by atoms with Crippen LogP contribution in [0.5, 0.6) is 0 Å². The minimum atomic E-state index is -0.101. The lowest BCUT2D eigenvalue weighted by Gasteiger charge is -2.32. The van der Waals surface area contributed by atoms with Crippen LogP contribution in [-0.4, -0.2) is 43.8 Å². The van der Waals surface area contributed by atoms with E-state index in [1.807, 2.05) is 22.8 Å². The Hall–Kier alpha value is -2.44. The SMILES string of the molecule is Cn1nccc1C1CCN(C(=O)Nc2cnc(C(C)(C)C)nc2)CC1. The van der Waals surface area contributed by atoms with Gasteiger partial charge >= 0.3 is 6.03 Å². The molecule has 0 spiro atoms. The highest BCUT2D eigenvalue weighted by atomic mass is 16.2. The fraction of sp³-hybridized carbons (Fsp3) is 0.556. The summed E-state index contributed by atoms with van der Waals surface area (Å²) < 4.78 is 1.93. The molecule has 134 valence electrons. The number of nitrogens with zero attached hydrogens (tertiary/aromatic N) is 5. The van der Waals surface area contributed by atoms with Crippen molar-refractivity contribution < 1.29 is 4.79 Å². The highest BCUT2D eigenvalue weighted by Crippen LogP contribution is 2.27. The number of amides is 2. The molecule has 1 fully saturated rings. The van der Waals surface area contributed by atoms with Gasteiger partial charge in [0.2, 0.25) is 0 Å². The van der Waals surface area contributed by atoms with Gasteiger partial charge in [0.15, 0.2) is 0 Å². The zero-order valence-electron chi connectivity index (χ0n) is 15.4. The third kappa shape index (κ3) is 3.97. The van der Waals surface area contributed by atoms with Gasteiger partial charge in [0, 0.05) is 43.4 Å². The van der Waals surface area contributed by atoms with Crippen LogP contribution in [0.25, 0.3) is 0 Å². The predicted molar refractivity (Wildman–Crippen MR) is 96.5 cm³/mol. The minimum absolute atomic E-state index is 0.0874.